The molecule has 0 radical (unpaired) electrons. The largest absolute Gasteiger partial charge is 0.356 e. The molecule has 1 aromatic carbocycles. The van der Waals surface area contributed by atoms with Crippen molar-refractivity contribution in [1.82, 2.24) is 19.5 Å². The quantitative estimate of drug-likeness (QED) is 0.397. The molecule has 40 heavy (non-hydrogen) atoms. The summed E-state index contributed by atoms with van der Waals surface area (Å²) in [6.07, 6.45) is 4.89. The van der Waals surface area contributed by atoms with Gasteiger partial charge in [-0.05, 0) is 62.1 Å². The van der Waals surface area contributed by atoms with Gasteiger partial charge in [0.15, 0.2) is 5.65 Å². The maximum Gasteiger partial charge on any atom is 0.327 e. The molecule has 2 aliphatic rings. The van der Waals surface area contributed by atoms with Crippen molar-refractivity contribution in [3.63, 3.8) is 0 Å². The standard InChI is InChI=1S/C28H31N7O4S/c1-18-6-7-22-19(15-18)8-14-34(22)27(36)20-16-24(32(2)40(3,38)39)30-25(17-20)33-12-9-21(10-13-33)35-23-5-4-11-29-26(23)31-28(35)37/h4-7,11,15-17,21H,8-10,12-14H2,1-3H3,(H,29,31,37). The molecular formula is C28H31N7O4S. The highest BCUT2D eigenvalue weighted by Gasteiger charge is 2.29. The number of fused-ring (bicyclic) bond motifs is 2. The number of piperidine rings is 1. The molecule has 1 amide bonds. The highest BCUT2D eigenvalue weighted by molar-refractivity contribution is 7.92. The number of nitrogens with one attached hydrogen (secondary N) is 1. The van der Waals surface area contributed by atoms with Crippen LogP contribution < -0.4 is 19.8 Å². The number of hydrogen-bond donors (Lipinski definition) is 1. The van der Waals surface area contributed by atoms with Gasteiger partial charge in [0, 0.05) is 50.2 Å². The lowest BCUT2D eigenvalue weighted by Crippen LogP contribution is -2.38. The van der Waals surface area contributed by atoms with Crippen LogP contribution >= 0.6 is 0 Å². The van der Waals surface area contributed by atoms with Crippen molar-refractivity contribution < 1.29 is 13.2 Å². The number of anilines is 3. The van der Waals surface area contributed by atoms with E-state index in [4.69, 9.17) is 0 Å². The number of aryl methyl sites for hydroxylation is 1. The summed E-state index contributed by atoms with van der Waals surface area (Å²) < 4.78 is 27.7. The molecule has 11 nitrogen and oxygen atoms in total. The average molecular weight is 562 g/mol. The van der Waals surface area contributed by atoms with E-state index in [1.54, 1.807) is 27.8 Å². The summed E-state index contributed by atoms with van der Waals surface area (Å²) in [7, 11) is -2.16. The second-order valence-electron chi connectivity index (χ2n) is 10.5. The lowest BCUT2D eigenvalue weighted by Gasteiger charge is -2.34. The number of carbonyl (C=O) groups excluding carboxylic acids is 1. The Morgan fingerprint density at radius 3 is 2.62 bits per heavy atom. The van der Waals surface area contributed by atoms with E-state index in [-0.39, 0.29) is 23.5 Å². The number of aromatic amines is 1. The topological polar surface area (TPSA) is 124 Å². The van der Waals surface area contributed by atoms with Crippen molar-refractivity contribution in [2.24, 2.45) is 0 Å². The molecule has 3 aromatic heterocycles. The van der Waals surface area contributed by atoms with Crippen molar-refractivity contribution >= 4 is 44.4 Å². The van der Waals surface area contributed by atoms with Crippen LogP contribution in [0.1, 0.15) is 40.4 Å². The van der Waals surface area contributed by atoms with Crippen LogP contribution in [-0.4, -0.2) is 66.8 Å². The SMILES string of the molecule is Cc1ccc2c(c1)CCN2C(=O)c1cc(N2CCC(n3c(=O)[nH]c4ncccc43)CC2)nc(N(C)S(C)(=O)=O)c1. The van der Waals surface area contributed by atoms with Crippen molar-refractivity contribution in [1.29, 1.82) is 0 Å². The first-order valence-electron chi connectivity index (χ1n) is 13.3. The van der Waals surface area contributed by atoms with Crippen LogP contribution in [0.5, 0.6) is 0 Å². The van der Waals surface area contributed by atoms with E-state index >= 15 is 0 Å². The smallest absolute Gasteiger partial charge is 0.327 e. The number of carbonyl (C=O) groups is 1. The van der Waals surface area contributed by atoms with E-state index in [0.717, 1.165) is 39.3 Å². The fraction of sp³-hybridized carbons (Fsp3) is 0.357. The first kappa shape index (κ1) is 26.1. The average Bonchev–Trinajstić information content (AvgIpc) is 3.51. The van der Waals surface area contributed by atoms with Crippen LogP contribution in [0.3, 0.4) is 0 Å². The zero-order valence-corrected chi connectivity index (χ0v) is 23.5. The van der Waals surface area contributed by atoms with E-state index in [9.17, 15) is 18.0 Å². The Morgan fingerprint density at radius 2 is 1.88 bits per heavy atom. The van der Waals surface area contributed by atoms with Crippen LogP contribution in [0.25, 0.3) is 11.2 Å². The van der Waals surface area contributed by atoms with Crippen LogP contribution in [0, 0.1) is 6.92 Å². The Balaban J connectivity index is 1.31. The molecule has 12 heteroatoms. The number of imidazole rings is 1. The number of hydrogen-bond acceptors (Lipinski definition) is 7. The van der Waals surface area contributed by atoms with Gasteiger partial charge >= 0.3 is 5.69 Å². The first-order chi connectivity index (χ1) is 19.1. The van der Waals surface area contributed by atoms with Gasteiger partial charge in [-0.25, -0.2) is 23.2 Å². The Labute approximate surface area is 232 Å². The summed E-state index contributed by atoms with van der Waals surface area (Å²) in [5.41, 5.74) is 4.68. The van der Waals surface area contributed by atoms with E-state index in [1.165, 1.54) is 7.05 Å². The minimum atomic E-state index is -3.60. The predicted molar refractivity (Wildman–Crippen MR) is 155 cm³/mol. The van der Waals surface area contributed by atoms with E-state index in [1.807, 2.05) is 36.1 Å². The van der Waals surface area contributed by atoms with Gasteiger partial charge in [0.25, 0.3) is 5.91 Å². The monoisotopic (exact) mass is 561 g/mol. The number of aromatic nitrogens is 4. The van der Waals surface area contributed by atoms with Gasteiger partial charge in [0.2, 0.25) is 10.0 Å². The second kappa shape index (κ2) is 9.77. The molecule has 1 saturated heterocycles. The summed E-state index contributed by atoms with van der Waals surface area (Å²) >= 11 is 0. The molecule has 4 aromatic rings. The predicted octanol–water partition coefficient (Wildman–Crippen LogP) is 2.87. The highest BCUT2D eigenvalue weighted by atomic mass is 32.2. The van der Waals surface area contributed by atoms with E-state index < -0.39 is 10.0 Å². The Kier molecular flexibility index (Phi) is 6.37. The number of amides is 1. The third kappa shape index (κ3) is 4.61. The van der Waals surface area contributed by atoms with Gasteiger partial charge in [-0.15, -0.1) is 0 Å². The number of H-pyrrole nitrogens is 1. The molecule has 6 rings (SSSR count). The molecule has 0 saturated carbocycles. The fourth-order valence-corrected chi connectivity index (χ4v) is 6.12. The highest BCUT2D eigenvalue weighted by Crippen LogP contribution is 2.33. The number of nitrogens with zero attached hydrogens (tertiary/aromatic N) is 6. The van der Waals surface area contributed by atoms with Gasteiger partial charge in [0.05, 0.1) is 11.8 Å². The van der Waals surface area contributed by atoms with Crippen LogP contribution in [0.2, 0.25) is 0 Å². The zero-order chi connectivity index (χ0) is 28.2. The van der Waals surface area contributed by atoms with Gasteiger partial charge in [-0.1, -0.05) is 17.7 Å². The first-order valence-corrected chi connectivity index (χ1v) is 15.1. The van der Waals surface area contributed by atoms with Gasteiger partial charge < -0.3 is 9.80 Å². The maximum atomic E-state index is 13.8. The molecule has 0 atom stereocenters. The lowest BCUT2D eigenvalue weighted by atomic mass is 10.0. The van der Waals surface area contributed by atoms with Crippen molar-refractivity contribution in [3.8, 4) is 0 Å². The summed E-state index contributed by atoms with van der Waals surface area (Å²) in [6, 6.07) is 13.0. The second-order valence-corrected chi connectivity index (χ2v) is 12.5. The van der Waals surface area contributed by atoms with Crippen molar-refractivity contribution in [3.05, 3.63) is 75.8 Å². The number of benzene rings is 1. The minimum Gasteiger partial charge on any atom is -0.356 e. The van der Waals surface area contributed by atoms with Crippen molar-refractivity contribution in [2.75, 3.05) is 47.0 Å². The van der Waals surface area contributed by atoms with Gasteiger partial charge in [-0.3, -0.25) is 18.7 Å². The zero-order valence-electron chi connectivity index (χ0n) is 22.7. The molecule has 2 aliphatic heterocycles. The third-order valence-electron chi connectivity index (χ3n) is 7.88. The van der Waals surface area contributed by atoms with Crippen LogP contribution in [-0.2, 0) is 16.4 Å². The van der Waals surface area contributed by atoms with Crippen molar-refractivity contribution in [2.45, 2.75) is 32.2 Å². The molecule has 0 bridgehead atoms. The Morgan fingerprint density at radius 1 is 1.10 bits per heavy atom. The summed E-state index contributed by atoms with van der Waals surface area (Å²) in [6.45, 7) is 3.76. The molecule has 0 unspecified atom stereocenters. The maximum absolute atomic E-state index is 13.8. The molecular weight excluding hydrogens is 530 g/mol. The lowest BCUT2D eigenvalue weighted by molar-refractivity contribution is 0.0989. The fourth-order valence-electron chi connectivity index (χ4n) is 5.69. The molecule has 5 heterocycles. The van der Waals surface area contributed by atoms with E-state index in [2.05, 4.69) is 21.0 Å². The minimum absolute atomic E-state index is 0.0192. The van der Waals surface area contributed by atoms with Crippen LogP contribution in [0.4, 0.5) is 17.3 Å². The normalized spacial score (nSPS) is 16.0. The summed E-state index contributed by atoms with van der Waals surface area (Å²) in [5, 5.41) is 0. The molecule has 1 N–H and O–H groups in total. The summed E-state index contributed by atoms with van der Waals surface area (Å²) in [5.74, 6) is 0.529. The molecule has 0 spiro atoms. The molecule has 208 valence electrons. The van der Waals surface area contributed by atoms with Gasteiger partial charge in [-0.2, -0.15) is 0 Å². The van der Waals surface area contributed by atoms with E-state index in [0.29, 0.717) is 49.5 Å². The molecule has 1 fully saturated rings. The Bertz CT molecular complexity index is 1790. The third-order valence-corrected chi connectivity index (χ3v) is 9.07. The van der Waals surface area contributed by atoms with Crippen LogP contribution in [0.15, 0.2) is 53.5 Å². The Hall–Kier alpha value is -4.19. The number of pyridine rings is 2. The summed E-state index contributed by atoms with van der Waals surface area (Å²) in [4.78, 5) is 42.0. The van der Waals surface area contributed by atoms with Gasteiger partial charge in [0.1, 0.15) is 11.6 Å². The number of sulfonamides is 1. The number of rotatable bonds is 5. The molecule has 0 aliphatic carbocycles.